The van der Waals surface area contributed by atoms with Gasteiger partial charge in [0.25, 0.3) is 11.5 Å². The van der Waals surface area contributed by atoms with Crippen LogP contribution in [-0.4, -0.2) is 43.4 Å². The summed E-state index contributed by atoms with van der Waals surface area (Å²) >= 11 is 0. The van der Waals surface area contributed by atoms with E-state index in [4.69, 9.17) is 0 Å². The number of nitrogens with zero attached hydrogens (tertiary/aromatic N) is 4. The van der Waals surface area contributed by atoms with Crippen LogP contribution in [-0.2, 0) is 0 Å². The first-order chi connectivity index (χ1) is 11.1. The molecule has 1 atom stereocenters. The van der Waals surface area contributed by atoms with Crippen molar-refractivity contribution >= 4 is 5.91 Å². The minimum absolute atomic E-state index is 0.145. The molecule has 2 aromatic rings. The van der Waals surface area contributed by atoms with Crippen LogP contribution in [0.3, 0.4) is 0 Å². The Bertz CT molecular complexity index is 728. The monoisotopic (exact) mass is 315 g/mol. The van der Waals surface area contributed by atoms with Crippen molar-refractivity contribution in [2.45, 2.75) is 38.6 Å². The molecule has 122 valence electrons. The van der Waals surface area contributed by atoms with Gasteiger partial charge in [-0.15, -0.1) is 0 Å². The lowest BCUT2D eigenvalue weighted by atomic mass is 9.96. The first kappa shape index (κ1) is 15.5. The van der Waals surface area contributed by atoms with E-state index >= 15 is 0 Å². The normalized spacial score (nSPS) is 18.4. The van der Waals surface area contributed by atoms with Crippen molar-refractivity contribution in [1.29, 1.82) is 0 Å². The zero-order valence-corrected chi connectivity index (χ0v) is 13.4. The molecule has 0 unspecified atom stereocenters. The molecule has 3 rings (SSSR count). The average Bonchev–Trinajstić information content (AvgIpc) is 3.05. The Morgan fingerprint density at radius 3 is 2.91 bits per heavy atom. The van der Waals surface area contributed by atoms with E-state index in [1.54, 1.807) is 4.90 Å². The van der Waals surface area contributed by atoms with E-state index < -0.39 is 0 Å². The molecule has 0 aromatic carbocycles. The summed E-state index contributed by atoms with van der Waals surface area (Å²) in [5.74, 6) is 1.12. The summed E-state index contributed by atoms with van der Waals surface area (Å²) in [7, 11) is 0. The van der Waals surface area contributed by atoms with E-state index in [1.807, 2.05) is 12.4 Å². The second-order valence-corrected chi connectivity index (χ2v) is 6.17. The molecule has 0 spiro atoms. The number of hydrogen-bond donors (Lipinski definition) is 1. The fraction of sp³-hybridized carbons (Fsp3) is 0.500. The quantitative estimate of drug-likeness (QED) is 0.932. The van der Waals surface area contributed by atoms with Gasteiger partial charge in [-0.2, -0.15) is 0 Å². The summed E-state index contributed by atoms with van der Waals surface area (Å²) in [5, 5.41) is 0. The van der Waals surface area contributed by atoms with Crippen molar-refractivity contribution in [3.63, 3.8) is 0 Å². The highest BCUT2D eigenvalue weighted by atomic mass is 16.2. The third-order valence-corrected chi connectivity index (χ3v) is 4.22. The number of piperidine rings is 1. The van der Waals surface area contributed by atoms with Crippen molar-refractivity contribution in [1.82, 2.24) is 24.4 Å². The third kappa shape index (κ3) is 3.18. The van der Waals surface area contributed by atoms with Crippen molar-refractivity contribution in [3.05, 3.63) is 46.7 Å². The van der Waals surface area contributed by atoms with Gasteiger partial charge in [0.2, 0.25) is 0 Å². The van der Waals surface area contributed by atoms with Gasteiger partial charge in [0.15, 0.2) is 0 Å². The molecule has 3 heterocycles. The highest BCUT2D eigenvalue weighted by Gasteiger charge is 2.28. The molecule has 0 radical (unpaired) electrons. The van der Waals surface area contributed by atoms with Crippen molar-refractivity contribution < 1.29 is 4.79 Å². The number of nitrogens with one attached hydrogen (secondary N) is 1. The predicted molar refractivity (Wildman–Crippen MR) is 85.3 cm³/mol. The summed E-state index contributed by atoms with van der Waals surface area (Å²) in [6.07, 6.45) is 8.28. The van der Waals surface area contributed by atoms with Crippen LogP contribution in [0.2, 0.25) is 0 Å². The molecule has 2 aromatic heterocycles. The van der Waals surface area contributed by atoms with E-state index in [1.165, 1.54) is 6.20 Å². The van der Waals surface area contributed by atoms with Gasteiger partial charge < -0.3 is 14.5 Å². The second kappa shape index (κ2) is 6.36. The molecule has 23 heavy (non-hydrogen) atoms. The van der Waals surface area contributed by atoms with Crippen LogP contribution < -0.4 is 5.56 Å². The highest BCUT2D eigenvalue weighted by Crippen LogP contribution is 2.28. The van der Waals surface area contributed by atoms with Gasteiger partial charge in [-0.3, -0.25) is 9.59 Å². The Labute approximate surface area is 134 Å². The fourth-order valence-electron chi connectivity index (χ4n) is 3.07. The zero-order chi connectivity index (χ0) is 16.4. The SMILES string of the molecule is CC(C)n1ccnc1[C@H]1CCCN(C(=O)c2c[nH]c(=O)cn2)C1. The van der Waals surface area contributed by atoms with Crippen molar-refractivity contribution in [2.75, 3.05) is 13.1 Å². The lowest BCUT2D eigenvalue weighted by Crippen LogP contribution is -2.40. The maximum Gasteiger partial charge on any atom is 0.273 e. The molecule has 1 fully saturated rings. The lowest BCUT2D eigenvalue weighted by Gasteiger charge is -2.32. The van der Waals surface area contributed by atoms with E-state index in [0.29, 0.717) is 19.1 Å². The minimum atomic E-state index is -0.308. The summed E-state index contributed by atoms with van der Waals surface area (Å²) in [4.78, 5) is 36.4. The molecule has 0 saturated carbocycles. The van der Waals surface area contributed by atoms with Gasteiger partial charge in [-0.25, -0.2) is 9.97 Å². The van der Waals surface area contributed by atoms with Crippen LogP contribution in [0.25, 0.3) is 0 Å². The van der Waals surface area contributed by atoms with Crippen LogP contribution in [0.15, 0.2) is 29.6 Å². The van der Waals surface area contributed by atoms with Crippen LogP contribution in [0.4, 0.5) is 0 Å². The summed E-state index contributed by atoms with van der Waals surface area (Å²) in [6, 6.07) is 0.347. The number of hydrogen-bond acceptors (Lipinski definition) is 4. The lowest BCUT2D eigenvalue weighted by molar-refractivity contribution is 0.0696. The van der Waals surface area contributed by atoms with E-state index in [2.05, 4.69) is 33.4 Å². The first-order valence-corrected chi connectivity index (χ1v) is 7.93. The Morgan fingerprint density at radius 1 is 1.39 bits per heavy atom. The molecular formula is C16H21N5O2. The zero-order valence-electron chi connectivity index (χ0n) is 13.4. The van der Waals surface area contributed by atoms with Crippen LogP contribution in [0.1, 0.15) is 55.0 Å². The molecule has 1 N–H and O–H groups in total. The molecule has 1 aliphatic rings. The molecular weight excluding hydrogens is 294 g/mol. The van der Waals surface area contributed by atoms with E-state index in [0.717, 1.165) is 24.9 Å². The number of imidazole rings is 1. The number of carbonyl (C=O) groups is 1. The summed E-state index contributed by atoms with van der Waals surface area (Å²) < 4.78 is 2.16. The Kier molecular flexibility index (Phi) is 4.27. The molecule has 7 heteroatoms. The number of H-pyrrole nitrogens is 1. The maximum absolute atomic E-state index is 12.6. The van der Waals surface area contributed by atoms with Gasteiger partial charge >= 0.3 is 0 Å². The highest BCUT2D eigenvalue weighted by molar-refractivity contribution is 5.92. The summed E-state index contributed by atoms with van der Waals surface area (Å²) in [6.45, 7) is 5.59. The molecule has 1 saturated heterocycles. The van der Waals surface area contributed by atoms with E-state index in [-0.39, 0.29) is 23.1 Å². The molecule has 7 nitrogen and oxygen atoms in total. The Morgan fingerprint density at radius 2 is 2.22 bits per heavy atom. The second-order valence-electron chi connectivity index (χ2n) is 6.17. The molecule has 0 aliphatic carbocycles. The topological polar surface area (TPSA) is 83.9 Å². The van der Waals surface area contributed by atoms with Gasteiger partial charge in [0, 0.05) is 43.6 Å². The van der Waals surface area contributed by atoms with Gasteiger partial charge in [-0.1, -0.05) is 0 Å². The number of aromatic nitrogens is 4. The predicted octanol–water partition coefficient (Wildman–Crippen LogP) is 1.57. The minimum Gasteiger partial charge on any atom is -0.337 e. The fourth-order valence-corrected chi connectivity index (χ4v) is 3.07. The molecule has 0 bridgehead atoms. The van der Waals surface area contributed by atoms with Gasteiger partial charge in [0.1, 0.15) is 11.5 Å². The number of rotatable bonds is 3. The van der Waals surface area contributed by atoms with Crippen molar-refractivity contribution in [2.24, 2.45) is 0 Å². The molecule has 1 aliphatic heterocycles. The van der Waals surface area contributed by atoms with Crippen molar-refractivity contribution in [3.8, 4) is 0 Å². The summed E-state index contributed by atoms with van der Waals surface area (Å²) in [5.41, 5.74) is -0.0329. The molecule has 1 amide bonds. The maximum atomic E-state index is 12.6. The Hall–Kier alpha value is -2.44. The van der Waals surface area contributed by atoms with Crippen LogP contribution >= 0.6 is 0 Å². The standard InChI is InChI=1S/C16H21N5O2/c1-11(2)21-7-5-17-15(21)12-4-3-6-20(10-12)16(23)13-8-19-14(22)9-18-13/h5,7-9,11-12H,3-4,6,10H2,1-2H3,(H,19,22)/t12-/m0/s1. The number of likely N-dealkylation sites (tertiary alicyclic amines) is 1. The largest absolute Gasteiger partial charge is 0.337 e. The van der Waals surface area contributed by atoms with Crippen LogP contribution in [0.5, 0.6) is 0 Å². The Balaban J connectivity index is 1.78. The number of carbonyl (C=O) groups excluding carboxylic acids is 1. The van der Waals surface area contributed by atoms with Gasteiger partial charge in [-0.05, 0) is 26.7 Å². The smallest absolute Gasteiger partial charge is 0.273 e. The number of aromatic amines is 1. The van der Waals surface area contributed by atoms with Gasteiger partial charge in [0.05, 0.1) is 6.20 Å². The number of amides is 1. The first-order valence-electron chi connectivity index (χ1n) is 7.93. The van der Waals surface area contributed by atoms with E-state index in [9.17, 15) is 9.59 Å². The third-order valence-electron chi connectivity index (χ3n) is 4.22. The van der Waals surface area contributed by atoms with Crippen LogP contribution in [0, 0.1) is 0 Å². The average molecular weight is 315 g/mol.